The normalized spacial score (nSPS) is 17.7. The molecule has 2 rings (SSSR count). The van der Waals surface area contributed by atoms with Gasteiger partial charge in [0.15, 0.2) is 5.96 Å². The van der Waals surface area contributed by atoms with E-state index in [1.54, 1.807) is 11.3 Å². The molecule has 1 heterocycles. The fourth-order valence-corrected chi connectivity index (χ4v) is 4.37. The Hall–Kier alpha value is -1.14. The van der Waals surface area contributed by atoms with Crippen LogP contribution in [0, 0.1) is 12.8 Å². The maximum Gasteiger partial charge on any atom is 0.191 e. The van der Waals surface area contributed by atoms with Gasteiger partial charge in [-0.1, -0.05) is 19.3 Å². The van der Waals surface area contributed by atoms with E-state index in [1.165, 1.54) is 42.0 Å². The third kappa shape index (κ3) is 6.94. The largest absolute Gasteiger partial charge is 0.357 e. The Balaban J connectivity index is 1.87. The number of nitrogens with zero attached hydrogens (tertiary/aromatic N) is 3. The van der Waals surface area contributed by atoms with Crippen LogP contribution in [0.15, 0.2) is 11.2 Å². The topological polar surface area (TPSA) is 52.6 Å². The van der Waals surface area contributed by atoms with Gasteiger partial charge in [-0.25, -0.2) is 4.98 Å². The zero-order valence-electron chi connectivity index (χ0n) is 16.3. The van der Waals surface area contributed by atoms with Crippen LogP contribution in [0.25, 0.3) is 0 Å². The first-order valence-corrected chi connectivity index (χ1v) is 10.5. The van der Waals surface area contributed by atoms with Crippen LogP contribution < -0.4 is 10.6 Å². The van der Waals surface area contributed by atoms with E-state index in [0.29, 0.717) is 6.04 Å². The number of aromatic nitrogens is 1. The van der Waals surface area contributed by atoms with Crippen LogP contribution in [-0.4, -0.2) is 55.6 Å². The van der Waals surface area contributed by atoms with Crippen molar-refractivity contribution in [3.63, 3.8) is 0 Å². The number of hydrogen-bond acceptors (Lipinski definition) is 4. The molecule has 0 amide bonds. The van der Waals surface area contributed by atoms with E-state index >= 15 is 0 Å². The van der Waals surface area contributed by atoms with Crippen molar-refractivity contribution in [3.05, 3.63) is 16.1 Å². The second kappa shape index (κ2) is 10.8. The molecule has 0 aliphatic heterocycles. The van der Waals surface area contributed by atoms with E-state index in [-0.39, 0.29) is 0 Å². The Bertz CT molecular complexity index is 520. The number of hydrogen-bond donors (Lipinski definition) is 2. The van der Waals surface area contributed by atoms with Gasteiger partial charge in [0.1, 0.15) is 0 Å². The lowest BCUT2D eigenvalue weighted by atomic mass is 9.83. The number of rotatable bonds is 8. The predicted octanol–water partition coefficient (Wildman–Crippen LogP) is 3.06. The minimum atomic E-state index is 0.539. The lowest BCUT2D eigenvalue weighted by molar-refractivity contribution is 0.176. The van der Waals surface area contributed by atoms with Crippen molar-refractivity contribution in [2.24, 2.45) is 10.9 Å². The van der Waals surface area contributed by atoms with Gasteiger partial charge in [-0.2, -0.15) is 0 Å². The van der Waals surface area contributed by atoms with Crippen molar-refractivity contribution >= 4 is 17.3 Å². The van der Waals surface area contributed by atoms with E-state index in [0.717, 1.165) is 37.9 Å². The van der Waals surface area contributed by atoms with E-state index in [9.17, 15) is 0 Å². The Morgan fingerprint density at radius 3 is 2.68 bits per heavy atom. The summed E-state index contributed by atoms with van der Waals surface area (Å²) in [6.45, 7) is 6.84. The summed E-state index contributed by atoms with van der Waals surface area (Å²) >= 11 is 1.78. The zero-order valence-corrected chi connectivity index (χ0v) is 17.2. The first-order chi connectivity index (χ1) is 12.1. The minimum absolute atomic E-state index is 0.539. The molecule has 5 nitrogen and oxygen atoms in total. The van der Waals surface area contributed by atoms with Gasteiger partial charge >= 0.3 is 0 Å². The van der Waals surface area contributed by atoms with Gasteiger partial charge in [0.2, 0.25) is 0 Å². The summed E-state index contributed by atoms with van der Waals surface area (Å²) in [4.78, 5) is 12.9. The van der Waals surface area contributed by atoms with Crippen LogP contribution in [0.2, 0.25) is 0 Å². The summed E-state index contributed by atoms with van der Waals surface area (Å²) in [5, 5.41) is 8.03. The highest BCUT2D eigenvalue weighted by atomic mass is 32.1. The smallest absolute Gasteiger partial charge is 0.191 e. The summed E-state index contributed by atoms with van der Waals surface area (Å²) in [5.74, 6) is 1.71. The highest BCUT2D eigenvalue weighted by Crippen LogP contribution is 2.28. The van der Waals surface area contributed by atoms with E-state index in [4.69, 9.17) is 4.99 Å². The highest BCUT2D eigenvalue weighted by molar-refractivity contribution is 7.11. The predicted molar refractivity (Wildman–Crippen MR) is 109 cm³/mol. The Kier molecular flexibility index (Phi) is 8.68. The van der Waals surface area contributed by atoms with Crippen molar-refractivity contribution in [2.45, 2.75) is 58.4 Å². The number of aryl methyl sites for hydroxylation is 1. The van der Waals surface area contributed by atoms with Crippen LogP contribution in [0.4, 0.5) is 0 Å². The van der Waals surface area contributed by atoms with Gasteiger partial charge < -0.3 is 15.5 Å². The van der Waals surface area contributed by atoms with Crippen LogP contribution >= 0.6 is 11.3 Å². The minimum Gasteiger partial charge on any atom is -0.357 e. The molecule has 1 aliphatic carbocycles. The molecule has 1 aromatic heterocycles. The fourth-order valence-electron chi connectivity index (χ4n) is 3.58. The molecule has 0 radical (unpaired) electrons. The summed E-state index contributed by atoms with van der Waals surface area (Å²) in [5.41, 5.74) is 0. The van der Waals surface area contributed by atoms with Gasteiger partial charge in [0, 0.05) is 36.6 Å². The van der Waals surface area contributed by atoms with Crippen LogP contribution in [-0.2, 0) is 6.42 Å². The molecule has 1 unspecified atom stereocenters. The van der Waals surface area contributed by atoms with Gasteiger partial charge in [0.25, 0.3) is 0 Å². The SMILES string of the molecule is CCNC(=NCC(C1CCCCC1)N(C)C)NCCc1ncc(C)s1. The number of likely N-dealkylation sites (N-methyl/N-ethyl adjacent to an activating group) is 1. The molecule has 0 saturated heterocycles. The summed E-state index contributed by atoms with van der Waals surface area (Å²) < 4.78 is 0. The monoisotopic (exact) mass is 365 g/mol. The Morgan fingerprint density at radius 2 is 2.08 bits per heavy atom. The lowest BCUT2D eigenvalue weighted by Gasteiger charge is -2.34. The Morgan fingerprint density at radius 1 is 1.32 bits per heavy atom. The number of aliphatic imine (C=N–C) groups is 1. The molecular weight excluding hydrogens is 330 g/mol. The fraction of sp³-hybridized carbons (Fsp3) is 0.789. The molecule has 2 N–H and O–H groups in total. The third-order valence-electron chi connectivity index (χ3n) is 4.94. The molecule has 142 valence electrons. The van der Waals surface area contributed by atoms with Crippen molar-refractivity contribution in [2.75, 3.05) is 33.7 Å². The van der Waals surface area contributed by atoms with Gasteiger partial charge in [-0.15, -0.1) is 11.3 Å². The quantitative estimate of drug-likeness (QED) is 0.549. The summed E-state index contributed by atoms with van der Waals surface area (Å²) in [6, 6.07) is 0.539. The maximum atomic E-state index is 4.88. The van der Waals surface area contributed by atoms with Crippen LogP contribution in [0.1, 0.15) is 48.9 Å². The standard InChI is InChI=1S/C19H35N5S/c1-5-20-19(21-12-11-18-22-13-15(2)25-18)23-14-17(24(3)4)16-9-7-6-8-10-16/h13,16-17H,5-12,14H2,1-4H3,(H2,20,21,23). The molecule has 6 heteroatoms. The molecule has 0 bridgehead atoms. The molecule has 1 aromatic rings. The van der Waals surface area contributed by atoms with Gasteiger partial charge in [-0.3, -0.25) is 4.99 Å². The molecule has 25 heavy (non-hydrogen) atoms. The Labute approximate surface area is 157 Å². The maximum absolute atomic E-state index is 4.88. The lowest BCUT2D eigenvalue weighted by Crippen LogP contribution is -2.42. The second-order valence-corrected chi connectivity index (χ2v) is 8.51. The van der Waals surface area contributed by atoms with Crippen molar-refractivity contribution in [1.29, 1.82) is 0 Å². The number of thiazole rings is 1. The average molecular weight is 366 g/mol. The first-order valence-electron chi connectivity index (χ1n) is 9.70. The summed E-state index contributed by atoms with van der Waals surface area (Å²) in [7, 11) is 4.39. The van der Waals surface area contributed by atoms with Gasteiger partial charge in [-0.05, 0) is 46.7 Å². The molecule has 1 atom stereocenters. The first kappa shape index (κ1) is 20.2. The molecular formula is C19H35N5S. The molecule has 1 aliphatic rings. The van der Waals surface area contributed by atoms with Gasteiger partial charge in [0.05, 0.1) is 11.6 Å². The molecule has 1 saturated carbocycles. The van der Waals surface area contributed by atoms with E-state index < -0.39 is 0 Å². The molecule has 1 fully saturated rings. The zero-order chi connectivity index (χ0) is 18.1. The van der Waals surface area contributed by atoms with Crippen molar-refractivity contribution < 1.29 is 0 Å². The van der Waals surface area contributed by atoms with Crippen molar-refractivity contribution in [3.8, 4) is 0 Å². The van der Waals surface area contributed by atoms with Crippen molar-refractivity contribution in [1.82, 2.24) is 20.5 Å². The van der Waals surface area contributed by atoms with Crippen LogP contribution in [0.3, 0.4) is 0 Å². The van der Waals surface area contributed by atoms with E-state index in [1.807, 2.05) is 6.20 Å². The van der Waals surface area contributed by atoms with E-state index in [2.05, 4.69) is 48.5 Å². The third-order valence-corrected chi connectivity index (χ3v) is 5.91. The summed E-state index contributed by atoms with van der Waals surface area (Å²) in [6.07, 6.45) is 9.76. The molecule has 0 aromatic carbocycles. The highest BCUT2D eigenvalue weighted by Gasteiger charge is 2.25. The second-order valence-electron chi connectivity index (χ2n) is 7.19. The number of nitrogens with one attached hydrogen (secondary N) is 2. The van der Waals surface area contributed by atoms with Crippen LogP contribution in [0.5, 0.6) is 0 Å². The molecule has 0 spiro atoms. The average Bonchev–Trinajstić information content (AvgIpc) is 3.01. The number of guanidine groups is 1.